The monoisotopic (exact) mass is 467 g/mol. The quantitative estimate of drug-likeness (QED) is 0.400. The summed E-state index contributed by atoms with van der Waals surface area (Å²) in [5.41, 5.74) is 12.1. The predicted molar refractivity (Wildman–Crippen MR) is 113 cm³/mol. The third kappa shape index (κ3) is 4.77. The minimum atomic E-state index is -4.58. The number of anilines is 1. The molecule has 7 N–H and O–H groups in total. The summed E-state index contributed by atoms with van der Waals surface area (Å²) in [5.74, 6) is -0.632. The molecule has 1 aliphatic rings. The number of amidine groups is 1. The molecule has 0 spiro atoms. The summed E-state index contributed by atoms with van der Waals surface area (Å²) in [6.07, 6.45) is 1.57. The SMILES string of the molecule is NC[C@H](O)CCS(=O)(=O)c1ccc(-c2ccncc2N)c(C2=NCN=N2)c1S(N)(=O)=O. The zero-order valence-corrected chi connectivity index (χ0v) is 17.8. The molecular formula is C17H21N7O5S2. The zero-order valence-electron chi connectivity index (χ0n) is 16.2. The van der Waals surface area contributed by atoms with Crippen LogP contribution in [0.1, 0.15) is 12.0 Å². The van der Waals surface area contributed by atoms with E-state index in [1.54, 1.807) is 6.07 Å². The van der Waals surface area contributed by atoms with Gasteiger partial charge in [-0.3, -0.25) is 4.98 Å². The number of aromatic nitrogens is 1. The van der Waals surface area contributed by atoms with Crippen molar-refractivity contribution in [1.29, 1.82) is 0 Å². The number of primary sulfonamides is 1. The molecular weight excluding hydrogens is 446 g/mol. The molecule has 1 atom stereocenters. The highest BCUT2D eigenvalue weighted by Gasteiger charge is 2.33. The van der Waals surface area contributed by atoms with E-state index in [0.717, 1.165) is 6.07 Å². The number of rotatable bonds is 8. The lowest BCUT2D eigenvalue weighted by Crippen LogP contribution is -2.25. The Hall–Kier alpha value is -2.78. The van der Waals surface area contributed by atoms with Gasteiger partial charge in [0.25, 0.3) is 0 Å². The summed E-state index contributed by atoms with van der Waals surface area (Å²) >= 11 is 0. The highest BCUT2D eigenvalue weighted by Crippen LogP contribution is 2.37. The number of nitrogens with zero attached hydrogens (tertiary/aromatic N) is 4. The van der Waals surface area contributed by atoms with E-state index in [4.69, 9.17) is 16.6 Å². The summed E-state index contributed by atoms with van der Waals surface area (Å²) in [4.78, 5) is 6.77. The van der Waals surface area contributed by atoms with Gasteiger partial charge in [0.15, 0.2) is 22.3 Å². The molecule has 0 fully saturated rings. The minimum absolute atomic E-state index is 0.0513. The van der Waals surface area contributed by atoms with Crippen molar-refractivity contribution in [3.8, 4) is 11.1 Å². The highest BCUT2D eigenvalue weighted by atomic mass is 32.2. The molecule has 2 aromatic rings. The molecule has 0 saturated carbocycles. The molecule has 2 heterocycles. The Labute approximate surface area is 178 Å². The number of hydrogen-bond acceptors (Lipinski definition) is 11. The van der Waals surface area contributed by atoms with Crippen molar-refractivity contribution in [3.63, 3.8) is 0 Å². The lowest BCUT2D eigenvalue weighted by molar-refractivity contribution is 0.179. The Morgan fingerprint density at radius 1 is 1.13 bits per heavy atom. The minimum Gasteiger partial charge on any atom is -0.397 e. The van der Waals surface area contributed by atoms with Crippen molar-refractivity contribution in [2.45, 2.75) is 22.3 Å². The number of nitrogens with two attached hydrogens (primary N) is 3. The Morgan fingerprint density at radius 2 is 1.87 bits per heavy atom. The maximum Gasteiger partial charge on any atom is 0.240 e. The highest BCUT2D eigenvalue weighted by molar-refractivity contribution is 7.93. The van der Waals surface area contributed by atoms with Crippen LogP contribution in [0.4, 0.5) is 5.69 Å². The summed E-state index contributed by atoms with van der Waals surface area (Å²) in [5, 5.41) is 22.7. The second-order valence-electron chi connectivity index (χ2n) is 6.68. The van der Waals surface area contributed by atoms with Gasteiger partial charge >= 0.3 is 0 Å². The number of hydrogen-bond donors (Lipinski definition) is 4. The molecule has 166 valence electrons. The Balaban J connectivity index is 2.34. The van der Waals surface area contributed by atoms with Crippen LogP contribution in [0.15, 0.2) is 55.6 Å². The van der Waals surface area contributed by atoms with Crippen LogP contribution in [0.5, 0.6) is 0 Å². The first kappa shape index (κ1) is 22.9. The molecule has 1 aromatic carbocycles. The van der Waals surface area contributed by atoms with Gasteiger partial charge in [-0.15, -0.1) is 5.11 Å². The number of sulfonamides is 1. The van der Waals surface area contributed by atoms with Crippen LogP contribution in [0.2, 0.25) is 0 Å². The molecule has 0 aliphatic carbocycles. The molecule has 0 unspecified atom stereocenters. The fraction of sp³-hybridized carbons (Fsp3) is 0.294. The van der Waals surface area contributed by atoms with E-state index < -0.39 is 41.5 Å². The number of aliphatic imine (C=N–C) groups is 1. The van der Waals surface area contributed by atoms with Gasteiger partial charge < -0.3 is 16.6 Å². The molecule has 0 radical (unpaired) electrons. The van der Waals surface area contributed by atoms with Crippen molar-refractivity contribution >= 4 is 31.4 Å². The summed E-state index contributed by atoms with van der Waals surface area (Å²) < 4.78 is 51.2. The maximum absolute atomic E-state index is 13.0. The molecule has 0 amide bonds. The second-order valence-corrected chi connectivity index (χ2v) is 10.3. The smallest absolute Gasteiger partial charge is 0.240 e. The van der Waals surface area contributed by atoms with Crippen LogP contribution in [0.3, 0.4) is 0 Å². The number of nitrogen functional groups attached to an aromatic ring is 1. The fourth-order valence-electron chi connectivity index (χ4n) is 3.07. The van der Waals surface area contributed by atoms with Gasteiger partial charge in [-0.05, 0) is 24.1 Å². The van der Waals surface area contributed by atoms with Crippen molar-refractivity contribution < 1.29 is 21.9 Å². The number of azo groups is 1. The summed E-state index contributed by atoms with van der Waals surface area (Å²) in [6, 6.07) is 4.08. The predicted octanol–water partition coefficient (Wildman–Crippen LogP) is -0.368. The standard InChI is InChI=1S/C17H21N7O5S2/c18-7-10(25)4-6-30(26,27)14-2-1-12(11-3-5-21-8-13(11)19)15(16(14)31(20,28)29)17-22-9-23-24-17/h1-3,5,8,10,25H,4,6-7,9,18-19H2,(H2,20,28,29)/t10-/m1/s1. The van der Waals surface area contributed by atoms with E-state index >= 15 is 0 Å². The van der Waals surface area contributed by atoms with Crippen LogP contribution in [-0.2, 0) is 19.9 Å². The van der Waals surface area contributed by atoms with Gasteiger partial charge in [0, 0.05) is 18.3 Å². The molecule has 3 rings (SSSR count). The van der Waals surface area contributed by atoms with Crippen molar-refractivity contribution in [3.05, 3.63) is 36.2 Å². The number of sulfone groups is 1. The van der Waals surface area contributed by atoms with E-state index in [2.05, 4.69) is 20.2 Å². The van der Waals surface area contributed by atoms with E-state index in [1.165, 1.54) is 18.5 Å². The molecule has 0 saturated heterocycles. The van der Waals surface area contributed by atoms with Crippen LogP contribution >= 0.6 is 0 Å². The van der Waals surface area contributed by atoms with Crippen molar-refractivity contribution in [1.82, 2.24) is 4.98 Å². The number of pyridine rings is 1. The van der Waals surface area contributed by atoms with Crippen LogP contribution in [0.25, 0.3) is 11.1 Å². The maximum atomic E-state index is 13.0. The lowest BCUT2D eigenvalue weighted by atomic mass is 9.98. The average Bonchev–Trinajstić information content (AvgIpc) is 3.25. The van der Waals surface area contributed by atoms with Gasteiger partial charge in [0.05, 0.1) is 34.2 Å². The van der Waals surface area contributed by atoms with Crippen LogP contribution < -0.4 is 16.6 Å². The molecule has 12 nitrogen and oxygen atoms in total. The molecule has 1 aliphatic heterocycles. The van der Waals surface area contributed by atoms with Gasteiger partial charge in [0.2, 0.25) is 10.0 Å². The van der Waals surface area contributed by atoms with Crippen LogP contribution in [-0.4, -0.2) is 57.8 Å². The molecule has 0 bridgehead atoms. The number of aliphatic hydroxyl groups is 1. The average molecular weight is 468 g/mol. The zero-order chi connectivity index (χ0) is 22.8. The van der Waals surface area contributed by atoms with Gasteiger partial charge in [-0.25, -0.2) is 27.0 Å². The third-order valence-electron chi connectivity index (χ3n) is 4.55. The lowest BCUT2D eigenvalue weighted by Gasteiger charge is -2.18. The van der Waals surface area contributed by atoms with E-state index in [1.807, 2.05) is 0 Å². The Morgan fingerprint density at radius 3 is 2.45 bits per heavy atom. The first-order valence-corrected chi connectivity index (χ1v) is 12.2. The molecule has 14 heteroatoms. The van der Waals surface area contributed by atoms with Crippen molar-refractivity contribution in [2.24, 2.45) is 26.1 Å². The van der Waals surface area contributed by atoms with Gasteiger partial charge in [0.1, 0.15) is 4.90 Å². The van der Waals surface area contributed by atoms with Crippen LogP contribution in [0, 0.1) is 0 Å². The summed E-state index contributed by atoms with van der Waals surface area (Å²) in [7, 11) is -8.76. The summed E-state index contributed by atoms with van der Waals surface area (Å²) in [6.45, 7) is -0.190. The topological polar surface area (TPSA) is 217 Å². The number of benzene rings is 1. The van der Waals surface area contributed by atoms with E-state index in [0.29, 0.717) is 5.56 Å². The normalized spacial score (nSPS) is 15.1. The van der Waals surface area contributed by atoms with Gasteiger partial charge in [-0.2, -0.15) is 5.11 Å². The fourth-order valence-corrected chi connectivity index (χ4v) is 6.09. The second kappa shape index (κ2) is 8.76. The largest absolute Gasteiger partial charge is 0.397 e. The first-order chi connectivity index (χ1) is 14.6. The van der Waals surface area contributed by atoms with E-state index in [-0.39, 0.29) is 42.3 Å². The first-order valence-electron chi connectivity index (χ1n) is 8.99. The van der Waals surface area contributed by atoms with Gasteiger partial charge in [-0.1, -0.05) is 6.07 Å². The molecule has 31 heavy (non-hydrogen) atoms. The Kier molecular flexibility index (Phi) is 6.47. The number of aliphatic hydroxyl groups excluding tert-OH is 1. The Bertz CT molecular complexity index is 1270. The third-order valence-corrected chi connectivity index (χ3v) is 7.45. The molecule has 1 aromatic heterocycles. The van der Waals surface area contributed by atoms with Crippen molar-refractivity contribution in [2.75, 3.05) is 24.7 Å². The van der Waals surface area contributed by atoms with E-state index in [9.17, 15) is 21.9 Å².